The lowest BCUT2D eigenvalue weighted by molar-refractivity contribution is -0.145. The minimum Gasteiger partial charge on any atom is -0.467 e. The van der Waals surface area contributed by atoms with Gasteiger partial charge in [0, 0.05) is 5.69 Å². The number of hydrogen-bond acceptors (Lipinski definition) is 4. The molecule has 2 N–H and O–H groups in total. The highest BCUT2D eigenvalue weighted by Crippen LogP contribution is 2.13. The molecule has 0 aromatic heterocycles. The van der Waals surface area contributed by atoms with Crippen LogP contribution in [0, 0.1) is 6.92 Å². The third kappa shape index (κ3) is 6.13. The summed E-state index contributed by atoms with van der Waals surface area (Å²) < 4.78 is 10.2. The lowest BCUT2D eigenvalue weighted by atomic mass is 10.2. The van der Waals surface area contributed by atoms with E-state index in [4.69, 9.17) is 9.47 Å². The van der Waals surface area contributed by atoms with Gasteiger partial charge in [0.1, 0.15) is 0 Å². The number of methoxy groups -OCH3 is 1. The summed E-state index contributed by atoms with van der Waals surface area (Å²) >= 11 is 0. The van der Waals surface area contributed by atoms with E-state index in [1.807, 2.05) is 45.9 Å². The summed E-state index contributed by atoms with van der Waals surface area (Å²) in [5.41, 5.74) is 1.19. The van der Waals surface area contributed by atoms with Crippen LogP contribution < -0.4 is 10.6 Å². The van der Waals surface area contributed by atoms with Gasteiger partial charge < -0.3 is 20.1 Å². The highest BCUT2D eigenvalue weighted by Gasteiger charge is 2.24. The normalized spacial score (nSPS) is 12.4. The topological polar surface area (TPSA) is 76.7 Å². The molecule has 0 saturated carbocycles. The molecule has 1 atom stereocenters. The van der Waals surface area contributed by atoms with Crippen LogP contribution in [0.25, 0.3) is 0 Å². The molecule has 0 spiro atoms. The van der Waals surface area contributed by atoms with Crippen molar-refractivity contribution in [3.8, 4) is 0 Å². The largest absolute Gasteiger partial charge is 0.467 e. The zero-order valence-corrected chi connectivity index (χ0v) is 13.7. The minimum atomic E-state index is -0.867. The van der Waals surface area contributed by atoms with Gasteiger partial charge in [0.25, 0.3) is 0 Å². The first-order chi connectivity index (χ1) is 10.2. The Morgan fingerprint density at radius 3 is 2.41 bits per heavy atom. The molecular formula is C16H24N2O4. The standard InChI is InChI=1S/C16H24N2O4/c1-11-8-6-7-9-12(11)17-15(20)18-13(14(19)21-5)10-22-16(2,3)4/h6-9,13H,10H2,1-5H3,(H2,17,18,20). The molecule has 122 valence electrons. The zero-order chi connectivity index (χ0) is 16.8. The highest BCUT2D eigenvalue weighted by molar-refractivity contribution is 5.93. The first-order valence-corrected chi connectivity index (χ1v) is 7.08. The van der Waals surface area contributed by atoms with E-state index in [-0.39, 0.29) is 6.61 Å². The number of ether oxygens (including phenoxy) is 2. The number of urea groups is 1. The van der Waals surface area contributed by atoms with Crippen molar-refractivity contribution in [1.82, 2.24) is 5.32 Å². The molecule has 0 heterocycles. The van der Waals surface area contributed by atoms with Crippen molar-refractivity contribution in [1.29, 1.82) is 0 Å². The van der Waals surface area contributed by atoms with Crippen LogP contribution >= 0.6 is 0 Å². The van der Waals surface area contributed by atoms with E-state index in [2.05, 4.69) is 10.6 Å². The van der Waals surface area contributed by atoms with Crippen LogP contribution in [0.5, 0.6) is 0 Å². The number of benzene rings is 1. The van der Waals surface area contributed by atoms with Gasteiger partial charge in [-0.05, 0) is 39.3 Å². The van der Waals surface area contributed by atoms with E-state index >= 15 is 0 Å². The van der Waals surface area contributed by atoms with E-state index in [9.17, 15) is 9.59 Å². The number of anilines is 1. The summed E-state index contributed by atoms with van der Waals surface area (Å²) in [5, 5.41) is 5.27. The van der Waals surface area contributed by atoms with Crippen molar-refractivity contribution in [3.63, 3.8) is 0 Å². The number of hydrogen-bond donors (Lipinski definition) is 2. The van der Waals surface area contributed by atoms with Crippen molar-refractivity contribution in [3.05, 3.63) is 29.8 Å². The van der Waals surface area contributed by atoms with E-state index in [1.54, 1.807) is 6.07 Å². The molecule has 0 saturated heterocycles. The smallest absolute Gasteiger partial charge is 0.330 e. The molecule has 2 amide bonds. The predicted molar refractivity (Wildman–Crippen MR) is 84.8 cm³/mol. The Morgan fingerprint density at radius 2 is 1.86 bits per heavy atom. The lowest BCUT2D eigenvalue weighted by Crippen LogP contribution is -2.47. The Balaban J connectivity index is 2.66. The fourth-order valence-corrected chi connectivity index (χ4v) is 1.67. The van der Waals surface area contributed by atoms with Gasteiger partial charge in [-0.2, -0.15) is 0 Å². The molecule has 22 heavy (non-hydrogen) atoms. The molecule has 6 heteroatoms. The van der Waals surface area contributed by atoms with Crippen molar-refractivity contribution >= 4 is 17.7 Å². The predicted octanol–water partition coefficient (Wildman–Crippen LogP) is 2.47. The monoisotopic (exact) mass is 308 g/mol. The molecule has 0 fully saturated rings. The number of aryl methyl sites for hydroxylation is 1. The van der Waals surface area contributed by atoms with Gasteiger partial charge >= 0.3 is 12.0 Å². The van der Waals surface area contributed by atoms with E-state index < -0.39 is 23.6 Å². The van der Waals surface area contributed by atoms with Crippen LogP contribution in [0.3, 0.4) is 0 Å². The summed E-state index contributed by atoms with van der Waals surface area (Å²) in [6.07, 6.45) is 0. The second kappa shape index (κ2) is 7.79. The van der Waals surface area contributed by atoms with E-state index in [1.165, 1.54) is 7.11 Å². The average molecular weight is 308 g/mol. The molecule has 1 aromatic carbocycles. The van der Waals surface area contributed by atoms with Crippen molar-refractivity contribution in [2.45, 2.75) is 39.3 Å². The Morgan fingerprint density at radius 1 is 1.23 bits per heavy atom. The second-order valence-electron chi connectivity index (χ2n) is 5.91. The molecule has 0 bridgehead atoms. The molecule has 0 radical (unpaired) electrons. The summed E-state index contributed by atoms with van der Waals surface area (Å²) in [5.74, 6) is -0.552. The molecule has 6 nitrogen and oxygen atoms in total. The van der Waals surface area contributed by atoms with Gasteiger partial charge in [-0.15, -0.1) is 0 Å². The van der Waals surface area contributed by atoms with Crippen molar-refractivity contribution < 1.29 is 19.1 Å². The molecule has 0 aliphatic heterocycles. The summed E-state index contributed by atoms with van der Waals surface area (Å²) in [7, 11) is 1.27. The Bertz CT molecular complexity index is 523. The summed E-state index contributed by atoms with van der Waals surface area (Å²) in [6, 6.07) is 6.02. The number of para-hydroxylation sites is 1. The van der Waals surface area contributed by atoms with E-state index in [0.717, 1.165) is 5.56 Å². The number of rotatable bonds is 5. The van der Waals surface area contributed by atoms with Gasteiger partial charge in [-0.3, -0.25) is 0 Å². The maximum atomic E-state index is 12.0. The molecule has 0 aliphatic rings. The van der Waals surface area contributed by atoms with Crippen molar-refractivity contribution in [2.75, 3.05) is 19.0 Å². The maximum absolute atomic E-state index is 12.0. The van der Waals surface area contributed by atoms with Gasteiger partial charge in [0.15, 0.2) is 6.04 Å². The molecule has 1 aromatic rings. The molecular weight excluding hydrogens is 284 g/mol. The summed E-state index contributed by atoms with van der Waals surface area (Å²) in [4.78, 5) is 23.8. The minimum absolute atomic E-state index is 0.0391. The summed E-state index contributed by atoms with van der Waals surface area (Å²) in [6.45, 7) is 7.53. The first kappa shape index (κ1) is 18.0. The van der Waals surface area contributed by atoms with Crippen LogP contribution in [-0.2, 0) is 14.3 Å². The molecule has 1 rings (SSSR count). The first-order valence-electron chi connectivity index (χ1n) is 7.08. The zero-order valence-electron chi connectivity index (χ0n) is 13.7. The molecule has 0 aliphatic carbocycles. The maximum Gasteiger partial charge on any atom is 0.330 e. The number of carbonyl (C=O) groups is 2. The number of carbonyl (C=O) groups excluding carboxylic acids is 2. The second-order valence-corrected chi connectivity index (χ2v) is 5.91. The van der Waals surface area contributed by atoms with Crippen LogP contribution in [0.2, 0.25) is 0 Å². The van der Waals surface area contributed by atoms with Gasteiger partial charge in [0.05, 0.1) is 19.3 Å². The van der Waals surface area contributed by atoms with Crippen molar-refractivity contribution in [2.24, 2.45) is 0 Å². The Hall–Kier alpha value is -2.08. The van der Waals surface area contributed by atoms with Crippen LogP contribution in [0.15, 0.2) is 24.3 Å². The van der Waals surface area contributed by atoms with Gasteiger partial charge in [-0.1, -0.05) is 18.2 Å². The third-order valence-corrected chi connectivity index (χ3v) is 2.87. The van der Waals surface area contributed by atoms with Crippen LogP contribution in [0.1, 0.15) is 26.3 Å². The highest BCUT2D eigenvalue weighted by atomic mass is 16.5. The van der Waals surface area contributed by atoms with Gasteiger partial charge in [0.2, 0.25) is 0 Å². The van der Waals surface area contributed by atoms with Crippen LogP contribution in [0.4, 0.5) is 10.5 Å². The third-order valence-electron chi connectivity index (χ3n) is 2.87. The lowest BCUT2D eigenvalue weighted by Gasteiger charge is -2.24. The fraction of sp³-hybridized carbons (Fsp3) is 0.500. The fourth-order valence-electron chi connectivity index (χ4n) is 1.67. The van der Waals surface area contributed by atoms with Gasteiger partial charge in [-0.25, -0.2) is 9.59 Å². The molecule has 1 unspecified atom stereocenters. The number of nitrogens with one attached hydrogen (secondary N) is 2. The van der Waals surface area contributed by atoms with E-state index in [0.29, 0.717) is 5.69 Å². The number of esters is 1. The quantitative estimate of drug-likeness (QED) is 0.819. The number of amides is 2. The van der Waals surface area contributed by atoms with Crippen LogP contribution in [-0.4, -0.2) is 37.4 Å². The Labute approximate surface area is 131 Å². The SMILES string of the molecule is COC(=O)C(COC(C)(C)C)NC(=O)Nc1ccccc1C. The Kier molecular flexibility index (Phi) is 6.37. The average Bonchev–Trinajstić information content (AvgIpc) is 2.44.